The van der Waals surface area contributed by atoms with Gasteiger partial charge in [0.15, 0.2) is 12.6 Å². The highest BCUT2D eigenvalue weighted by Crippen LogP contribution is 2.42. The molecule has 2 saturated carbocycles. The third-order valence-electron chi connectivity index (χ3n) is 7.62. The molecule has 21 heteroatoms. The maximum absolute atomic E-state index is 9.96. The molecule has 0 radical (unpaired) electrons. The molecular formula is C24H40O6S15. The molecule has 0 spiro atoms. The molecular weight excluding hydrogens is 865 g/mol. The van der Waals surface area contributed by atoms with Crippen LogP contribution in [-0.4, -0.2) is 61.4 Å². The Hall–Kier alpha value is 2.54. The third-order valence-corrected chi connectivity index (χ3v) is 27.6. The summed E-state index contributed by atoms with van der Waals surface area (Å²) in [7, 11) is 16.5. The van der Waals surface area contributed by atoms with Crippen molar-refractivity contribution in [2.45, 2.75) is 64.3 Å². The van der Waals surface area contributed by atoms with Crippen LogP contribution in [0.3, 0.4) is 0 Å². The topological polar surface area (TPSA) is 77.4 Å². The Labute approximate surface area is 319 Å². The largest absolute Gasteiger partial charge is 0.393 e. The fourth-order valence-corrected chi connectivity index (χ4v) is 25.0. The number of aliphatic hydroxyl groups excluding tert-OH is 2. The van der Waals surface area contributed by atoms with Crippen LogP contribution in [0.4, 0.5) is 0 Å². The van der Waals surface area contributed by atoms with Gasteiger partial charge in [-0.1, -0.05) is 26.0 Å². The monoisotopic (exact) mass is 904 g/mol. The minimum absolute atomic E-state index is 0.114. The van der Waals surface area contributed by atoms with Crippen molar-refractivity contribution in [2.24, 2.45) is 35.5 Å². The molecule has 6 nitrogen and oxygen atoms in total. The van der Waals surface area contributed by atoms with Crippen LogP contribution in [0.25, 0.3) is 0 Å². The summed E-state index contributed by atoms with van der Waals surface area (Å²) in [6, 6.07) is 0. The predicted molar refractivity (Wildman–Crippen MR) is 225 cm³/mol. The first-order valence-electron chi connectivity index (χ1n) is 13.7. The molecule has 2 aliphatic carbocycles. The molecule has 4 fully saturated rings. The van der Waals surface area contributed by atoms with Crippen LogP contribution < -0.4 is 0 Å². The first-order valence-corrected chi connectivity index (χ1v) is 31.0. The van der Waals surface area contributed by atoms with Crippen LogP contribution in [0.5, 0.6) is 0 Å². The van der Waals surface area contributed by atoms with Gasteiger partial charge < -0.3 is 29.2 Å². The van der Waals surface area contributed by atoms with Crippen LogP contribution in [0.15, 0.2) is 25.3 Å². The summed E-state index contributed by atoms with van der Waals surface area (Å²) in [4.78, 5) is 0. The van der Waals surface area contributed by atoms with Gasteiger partial charge in [-0.15, -0.1) is 13.2 Å². The molecule has 0 aromatic heterocycles. The maximum atomic E-state index is 9.96. The van der Waals surface area contributed by atoms with Crippen molar-refractivity contribution < 1.29 is 29.2 Å². The second-order valence-corrected chi connectivity index (χ2v) is 29.5. The van der Waals surface area contributed by atoms with Crippen molar-refractivity contribution >= 4 is 142 Å². The Bertz CT molecular complexity index is 1270. The molecule has 8 atom stereocenters. The van der Waals surface area contributed by atoms with Gasteiger partial charge in [0.1, 0.15) is 0 Å². The van der Waals surface area contributed by atoms with E-state index in [1.165, 1.54) is 35.5 Å². The lowest BCUT2D eigenvalue weighted by atomic mass is 9.87. The normalized spacial score (nSPS) is 30.3. The van der Waals surface area contributed by atoms with E-state index in [0.717, 1.165) is 25.7 Å². The van der Waals surface area contributed by atoms with Gasteiger partial charge >= 0.3 is 0 Å². The highest BCUT2D eigenvalue weighted by molar-refractivity contribution is 8.70. The van der Waals surface area contributed by atoms with Crippen LogP contribution in [-0.2, 0) is 161 Å². The molecule has 4 rings (SSSR count). The second-order valence-electron chi connectivity index (χ2n) is 10.1. The molecule has 45 heavy (non-hydrogen) atoms. The molecule has 2 N–H and O–H groups in total. The lowest BCUT2D eigenvalue weighted by Gasteiger charge is -2.23. The fraction of sp³-hybridized carbons (Fsp3) is 0.833. The number of hydrogen-bond donors (Lipinski definition) is 2. The Morgan fingerprint density at radius 3 is 1.13 bits per heavy atom. The number of allylic oxidation sites excluding steroid dienone is 2. The van der Waals surface area contributed by atoms with Crippen LogP contribution >= 0.6 is 0 Å². The Kier molecular flexibility index (Phi) is 29.5. The molecule has 0 amide bonds. The van der Waals surface area contributed by atoms with Crippen molar-refractivity contribution in [1.29, 1.82) is 0 Å². The molecule has 262 valence electrons. The van der Waals surface area contributed by atoms with Crippen molar-refractivity contribution in [3.8, 4) is 0 Å². The molecule has 4 aliphatic rings. The summed E-state index contributed by atoms with van der Waals surface area (Å²) in [5, 5.41) is 19.9. The molecule has 2 saturated heterocycles. The van der Waals surface area contributed by atoms with Gasteiger partial charge in [0, 0.05) is 155 Å². The summed E-state index contributed by atoms with van der Waals surface area (Å²) >= 11 is 18.3. The highest BCUT2D eigenvalue weighted by Gasteiger charge is 2.41. The molecule has 0 bridgehead atoms. The van der Waals surface area contributed by atoms with Crippen molar-refractivity contribution in [3.63, 3.8) is 0 Å². The van der Waals surface area contributed by atoms with Crippen LogP contribution in [0.1, 0.15) is 39.5 Å². The van der Waals surface area contributed by atoms with E-state index >= 15 is 0 Å². The fourth-order valence-electron chi connectivity index (χ4n) is 5.84. The van der Waals surface area contributed by atoms with Gasteiger partial charge in [0.2, 0.25) is 0 Å². The molecule has 2 aliphatic heterocycles. The minimum Gasteiger partial charge on any atom is -0.393 e. The van der Waals surface area contributed by atoms with E-state index in [-0.39, 0.29) is 36.6 Å². The van der Waals surface area contributed by atoms with E-state index < -0.39 is 0 Å². The van der Waals surface area contributed by atoms with Gasteiger partial charge in [-0.2, -0.15) is 0 Å². The van der Waals surface area contributed by atoms with Crippen LogP contribution in [0.2, 0.25) is 0 Å². The van der Waals surface area contributed by atoms with Gasteiger partial charge in [-0.05, 0) is 48.3 Å². The van der Waals surface area contributed by atoms with E-state index in [9.17, 15) is 10.2 Å². The lowest BCUT2D eigenvalue weighted by Crippen LogP contribution is -2.25. The summed E-state index contributed by atoms with van der Waals surface area (Å²) in [6.45, 7) is 14.8. The first kappa shape index (κ1) is 45.6. The molecule has 0 aromatic rings. The number of aliphatic hydroxyl groups is 2. The Morgan fingerprint density at radius 1 is 0.578 bits per heavy atom. The van der Waals surface area contributed by atoms with Gasteiger partial charge in [-0.3, -0.25) is 0 Å². The van der Waals surface area contributed by atoms with E-state index in [4.69, 9.17) is 18.9 Å². The Balaban J connectivity index is 0.000000318. The van der Waals surface area contributed by atoms with Crippen molar-refractivity contribution in [1.82, 2.24) is 0 Å². The molecule has 0 aromatic carbocycles. The summed E-state index contributed by atoms with van der Waals surface area (Å²) in [5.74, 6) is 2.33. The highest BCUT2D eigenvalue weighted by atomic mass is 33.4. The zero-order valence-corrected chi connectivity index (χ0v) is 36.9. The smallest absolute Gasteiger partial charge is 0.158 e. The first-order chi connectivity index (χ1) is 21.8. The average Bonchev–Trinajstić information content (AvgIpc) is 3.83. The zero-order valence-electron chi connectivity index (χ0n) is 24.7. The SMILES string of the molecule is C=C[C@@H]1[C@@H](CC2OCCO2)[C@@H](O)C[C@H]1C.C=C[C@@H]1[C@@H](CC2OCCO2)[C@@H](O)C[C@H]1C.S=S=S=S=S=S=S.S=S=S=S=S=S=S=S. The van der Waals surface area contributed by atoms with Gasteiger partial charge in [0.05, 0.1) is 38.6 Å². The van der Waals surface area contributed by atoms with Crippen LogP contribution in [0, 0.1) is 35.5 Å². The molecule has 2 heterocycles. The number of rotatable bonds is 6. The predicted octanol–water partition coefficient (Wildman–Crippen LogP) is 3.10. The zero-order chi connectivity index (χ0) is 33.5. The third kappa shape index (κ3) is 19.1. The summed E-state index contributed by atoms with van der Waals surface area (Å²) in [5.41, 5.74) is 0. The van der Waals surface area contributed by atoms with Gasteiger partial charge in [-0.25, -0.2) is 0 Å². The Morgan fingerprint density at radius 2 is 0.867 bits per heavy atom. The van der Waals surface area contributed by atoms with E-state index in [2.05, 4.69) is 71.8 Å². The second kappa shape index (κ2) is 29.2. The summed E-state index contributed by atoms with van der Waals surface area (Å²) < 4.78 is 21.7. The van der Waals surface area contributed by atoms with E-state index in [0.29, 0.717) is 50.1 Å². The lowest BCUT2D eigenvalue weighted by molar-refractivity contribution is -0.0692. The quantitative estimate of drug-likeness (QED) is 0.389. The van der Waals surface area contributed by atoms with E-state index in [1.807, 2.05) is 12.2 Å². The number of ether oxygens (including phenoxy) is 4. The van der Waals surface area contributed by atoms with Crippen molar-refractivity contribution in [3.05, 3.63) is 25.3 Å². The van der Waals surface area contributed by atoms with E-state index in [1.54, 1.807) is 62.2 Å². The standard InChI is InChI=1S/2C12H20O3.S8.S7/c2*1-3-9-8(2)6-11(13)10(9)7-12-14-4-5-15-12;1-3-5-7-8-6-4-2;1-3-5-7-6-4-2/h2*3,8-13H,1,4-7H2,2H3;;/t2*8-,9+,10-,11+;;/m11../s1. The summed E-state index contributed by atoms with van der Waals surface area (Å²) in [6.07, 6.45) is 6.59. The molecule has 0 unspecified atom stereocenters. The minimum atomic E-state index is -0.226. The van der Waals surface area contributed by atoms with Crippen molar-refractivity contribution in [2.75, 3.05) is 26.4 Å². The maximum Gasteiger partial charge on any atom is 0.158 e. The number of hydrogen-bond acceptors (Lipinski definition) is 10. The average molecular weight is 906 g/mol. The van der Waals surface area contributed by atoms with Gasteiger partial charge in [0.25, 0.3) is 0 Å².